The van der Waals surface area contributed by atoms with E-state index in [1.165, 1.54) is 69.9 Å². The molecule has 0 spiro atoms. The first-order valence-electron chi connectivity index (χ1n) is 11.6. The summed E-state index contributed by atoms with van der Waals surface area (Å²) >= 11 is 0. The first kappa shape index (κ1) is 21.0. The van der Waals surface area contributed by atoms with Gasteiger partial charge in [-0.15, -0.1) is 0 Å². The standard InChI is InChI=1S/C24H38F2Si/c1-2-3-4-15-27-16-13-22(14-17-27)21-10-7-19(8-11-21)5-6-20-9-12-23(25)24(26)18-20/h9,12,18-19,21-22,27H,2-8,10-11,13-17H2,1H3/t19-,21-,22-,27+. The molecule has 1 aromatic carbocycles. The molecule has 0 unspecified atom stereocenters. The Morgan fingerprint density at radius 3 is 2.26 bits per heavy atom. The lowest BCUT2D eigenvalue weighted by atomic mass is 9.73. The lowest BCUT2D eigenvalue weighted by Crippen LogP contribution is -2.28. The predicted octanol–water partition coefficient (Wildman–Crippen LogP) is 7.53. The molecule has 1 aliphatic heterocycles. The van der Waals surface area contributed by atoms with Crippen molar-refractivity contribution in [2.24, 2.45) is 17.8 Å². The van der Waals surface area contributed by atoms with E-state index in [4.69, 9.17) is 0 Å². The average Bonchev–Trinajstić information content (AvgIpc) is 2.70. The number of unbranched alkanes of at least 4 members (excludes halogenated alkanes) is 2. The van der Waals surface area contributed by atoms with Crippen LogP contribution in [-0.2, 0) is 6.42 Å². The number of aryl methyl sites for hydroxylation is 1. The van der Waals surface area contributed by atoms with E-state index in [0.29, 0.717) is 0 Å². The van der Waals surface area contributed by atoms with Gasteiger partial charge in [-0.3, -0.25) is 0 Å². The topological polar surface area (TPSA) is 0 Å². The molecule has 0 nitrogen and oxygen atoms in total. The molecule has 1 saturated carbocycles. The molecular formula is C24H38F2Si. The van der Waals surface area contributed by atoms with E-state index in [1.54, 1.807) is 24.2 Å². The van der Waals surface area contributed by atoms with Crippen LogP contribution in [-0.4, -0.2) is 8.80 Å². The molecule has 1 aliphatic carbocycles. The van der Waals surface area contributed by atoms with Crippen molar-refractivity contribution in [3.63, 3.8) is 0 Å². The fourth-order valence-electron chi connectivity index (χ4n) is 5.65. The van der Waals surface area contributed by atoms with Gasteiger partial charge in [0.1, 0.15) is 0 Å². The smallest absolute Gasteiger partial charge is 0.159 e. The molecule has 1 heterocycles. The summed E-state index contributed by atoms with van der Waals surface area (Å²) in [6.45, 7) is 2.31. The van der Waals surface area contributed by atoms with E-state index in [0.717, 1.165) is 36.2 Å². The van der Waals surface area contributed by atoms with Crippen molar-refractivity contribution in [3.05, 3.63) is 35.4 Å². The highest BCUT2D eigenvalue weighted by Crippen LogP contribution is 2.42. The minimum atomic E-state index is -0.734. The molecule has 0 aromatic heterocycles. The molecule has 1 aromatic rings. The van der Waals surface area contributed by atoms with Crippen LogP contribution in [0.15, 0.2) is 18.2 Å². The van der Waals surface area contributed by atoms with Gasteiger partial charge < -0.3 is 0 Å². The van der Waals surface area contributed by atoms with Crippen LogP contribution in [0.2, 0.25) is 18.1 Å². The molecule has 0 radical (unpaired) electrons. The number of hydrogen-bond acceptors (Lipinski definition) is 0. The van der Waals surface area contributed by atoms with Crippen LogP contribution in [0.3, 0.4) is 0 Å². The monoisotopic (exact) mass is 392 g/mol. The van der Waals surface area contributed by atoms with Crippen LogP contribution >= 0.6 is 0 Å². The number of rotatable bonds is 8. The van der Waals surface area contributed by atoms with Gasteiger partial charge >= 0.3 is 0 Å². The Morgan fingerprint density at radius 2 is 1.59 bits per heavy atom. The zero-order valence-electron chi connectivity index (χ0n) is 17.2. The quantitative estimate of drug-likeness (QED) is 0.317. The zero-order chi connectivity index (χ0) is 19.1. The average molecular weight is 393 g/mol. The van der Waals surface area contributed by atoms with Crippen LogP contribution in [0.4, 0.5) is 8.78 Å². The molecule has 0 bridgehead atoms. The molecule has 2 aliphatic rings. The van der Waals surface area contributed by atoms with Gasteiger partial charge in [0.15, 0.2) is 11.6 Å². The molecule has 152 valence electrons. The van der Waals surface area contributed by atoms with Crippen LogP contribution in [0.1, 0.15) is 76.7 Å². The molecule has 0 amide bonds. The maximum Gasteiger partial charge on any atom is 0.159 e. The van der Waals surface area contributed by atoms with E-state index < -0.39 is 11.6 Å². The molecule has 0 N–H and O–H groups in total. The third-order valence-electron chi connectivity index (χ3n) is 7.49. The lowest BCUT2D eigenvalue weighted by molar-refractivity contribution is 0.186. The summed E-state index contributed by atoms with van der Waals surface area (Å²) in [6, 6.07) is 9.23. The minimum absolute atomic E-state index is 0.374. The molecule has 2 fully saturated rings. The second-order valence-corrected chi connectivity index (χ2v) is 12.8. The number of hydrogen-bond donors (Lipinski definition) is 0. The SMILES string of the molecule is CCCCC[Si@H]1CC[C@@H]([C@H]2CC[C@H](CCc3ccc(F)c(F)c3)CC2)CC1. The van der Waals surface area contributed by atoms with E-state index in [-0.39, 0.29) is 8.80 Å². The van der Waals surface area contributed by atoms with Crippen molar-refractivity contribution in [2.45, 2.75) is 95.7 Å². The zero-order valence-corrected chi connectivity index (χ0v) is 18.4. The highest BCUT2D eigenvalue weighted by atomic mass is 28.3. The summed E-state index contributed by atoms with van der Waals surface area (Å²) in [7, 11) is -0.374. The highest BCUT2D eigenvalue weighted by molar-refractivity contribution is 6.58. The fourth-order valence-corrected chi connectivity index (χ4v) is 9.18. The van der Waals surface area contributed by atoms with Gasteiger partial charge in [0.2, 0.25) is 0 Å². The van der Waals surface area contributed by atoms with Crippen molar-refractivity contribution >= 4 is 8.80 Å². The number of halogens is 2. The van der Waals surface area contributed by atoms with Crippen LogP contribution in [0.5, 0.6) is 0 Å². The van der Waals surface area contributed by atoms with E-state index in [2.05, 4.69) is 6.92 Å². The Morgan fingerprint density at radius 1 is 0.889 bits per heavy atom. The Labute approximate surface area is 166 Å². The van der Waals surface area contributed by atoms with Crippen molar-refractivity contribution in [2.75, 3.05) is 0 Å². The lowest BCUT2D eigenvalue weighted by Gasteiger charge is -2.37. The Hall–Kier alpha value is -0.703. The normalized spacial score (nSPS) is 29.0. The van der Waals surface area contributed by atoms with Crippen LogP contribution in [0.25, 0.3) is 0 Å². The van der Waals surface area contributed by atoms with Gasteiger partial charge in [-0.25, -0.2) is 8.78 Å². The second-order valence-electron chi connectivity index (χ2n) is 9.34. The van der Waals surface area contributed by atoms with Crippen molar-refractivity contribution < 1.29 is 8.78 Å². The molecular weight excluding hydrogens is 354 g/mol. The summed E-state index contributed by atoms with van der Waals surface area (Å²) in [5, 5.41) is 0. The third kappa shape index (κ3) is 6.41. The van der Waals surface area contributed by atoms with Gasteiger partial charge in [0.05, 0.1) is 0 Å². The molecule has 3 rings (SSSR count). The van der Waals surface area contributed by atoms with Crippen LogP contribution < -0.4 is 0 Å². The summed E-state index contributed by atoms with van der Waals surface area (Å²) in [5.74, 6) is 1.35. The van der Waals surface area contributed by atoms with E-state index in [9.17, 15) is 8.78 Å². The largest absolute Gasteiger partial charge is 0.204 e. The van der Waals surface area contributed by atoms with Crippen molar-refractivity contribution in [3.8, 4) is 0 Å². The molecule has 3 heteroatoms. The Kier molecular flexibility index (Phi) is 8.36. The van der Waals surface area contributed by atoms with Gasteiger partial charge in [-0.2, -0.15) is 0 Å². The summed E-state index contributed by atoms with van der Waals surface area (Å²) < 4.78 is 26.4. The van der Waals surface area contributed by atoms with Crippen molar-refractivity contribution in [1.29, 1.82) is 0 Å². The van der Waals surface area contributed by atoms with Gasteiger partial charge in [-0.05, 0) is 61.1 Å². The second kappa shape index (κ2) is 10.7. The highest BCUT2D eigenvalue weighted by Gasteiger charge is 2.30. The third-order valence-corrected chi connectivity index (χ3v) is 11.0. The summed E-state index contributed by atoms with van der Waals surface area (Å²) in [4.78, 5) is 0. The molecule has 1 saturated heterocycles. The van der Waals surface area contributed by atoms with Gasteiger partial charge in [0, 0.05) is 8.80 Å². The van der Waals surface area contributed by atoms with Gasteiger partial charge in [0.25, 0.3) is 0 Å². The van der Waals surface area contributed by atoms with Crippen LogP contribution in [0, 0.1) is 29.4 Å². The first-order valence-corrected chi connectivity index (χ1v) is 14.0. The fraction of sp³-hybridized carbons (Fsp3) is 0.750. The number of benzene rings is 1. The molecule has 0 atom stereocenters. The predicted molar refractivity (Wildman–Crippen MR) is 114 cm³/mol. The van der Waals surface area contributed by atoms with Gasteiger partial charge in [-0.1, -0.05) is 76.1 Å². The van der Waals surface area contributed by atoms with E-state index >= 15 is 0 Å². The first-order chi connectivity index (χ1) is 13.2. The molecule has 27 heavy (non-hydrogen) atoms. The Bertz CT molecular complexity index is 557. The maximum absolute atomic E-state index is 13.3. The Balaban J connectivity index is 1.34. The van der Waals surface area contributed by atoms with Crippen molar-refractivity contribution in [1.82, 2.24) is 0 Å². The summed E-state index contributed by atoms with van der Waals surface area (Å²) in [5.41, 5.74) is 0.947. The minimum Gasteiger partial charge on any atom is -0.204 e. The van der Waals surface area contributed by atoms with E-state index in [1.807, 2.05) is 0 Å². The maximum atomic E-state index is 13.3. The summed E-state index contributed by atoms with van der Waals surface area (Å²) in [6.07, 6.45) is 14.9.